The van der Waals surface area contributed by atoms with Crippen molar-refractivity contribution < 1.29 is 23.5 Å². The van der Waals surface area contributed by atoms with Crippen LogP contribution in [-0.4, -0.2) is 16.8 Å². The fourth-order valence-corrected chi connectivity index (χ4v) is 5.33. The number of rotatable bonds is 3. The van der Waals surface area contributed by atoms with Gasteiger partial charge in [-0.05, 0) is 66.5 Å². The molecule has 7 heteroatoms. The summed E-state index contributed by atoms with van der Waals surface area (Å²) >= 11 is 1.28. The maximum Gasteiger partial charge on any atom is 0.300 e. The molecule has 1 aliphatic carbocycles. The highest BCUT2D eigenvalue weighted by Crippen LogP contribution is 2.44. The van der Waals surface area contributed by atoms with Crippen molar-refractivity contribution in [2.24, 2.45) is 0 Å². The Morgan fingerprint density at radius 3 is 2.50 bits per heavy atom. The molecule has 2 aromatic carbocycles. The molecule has 1 unspecified atom stereocenters. The Balaban J connectivity index is 1.68. The summed E-state index contributed by atoms with van der Waals surface area (Å²) in [6.45, 7) is 0. The first kappa shape index (κ1) is 20.6. The molecule has 0 bridgehead atoms. The molecule has 2 aliphatic rings. The molecule has 1 aliphatic heterocycles. The zero-order valence-corrected chi connectivity index (χ0v) is 17.8. The lowest BCUT2D eigenvalue weighted by Gasteiger charge is -2.24. The molecule has 1 atom stereocenters. The van der Waals surface area contributed by atoms with Crippen molar-refractivity contribution in [2.75, 3.05) is 4.90 Å². The SMILES string of the molecule is O=C1C(=O)N(c2ccc(F)cc2F)C(c2cccs2)/C1=C(/O)c1ccc2c(c1)CCCC2. The number of thiophene rings is 1. The second kappa shape index (κ2) is 7.98. The lowest BCUT2D eigenvalue weighted by Crippen LogP contribution is -2.30. The topological polar surface area (TPSA) is 57.6 Å². The van der Waals surface area contributed by atoms with Gasteiger partial charge in [-0.15, -0.1) is 11.3 Å². The average molecular weight is 451 g/mol. The van der Waals surface area contributed by atoms with E-state index in [2.05, 4.69) is 0 Å². The average Bonchev–Trinajstić information content (AvgIpc) is 3.40. The minimum atomic E-state index is -1.01. The van der Waals surface area contributed by atoms with Crippen LogP contribution in [0.4, 0.5) is 14.5 Å². The van der Waals surface area contributed by atoms with Crippen LogP contribution in [0.25, 0.3) is 5.76 Å². The lowest BCUT2D eigenvalue weighted by molar-refractivity contribution is -0.132. The van der Waals surface area contributed by atoms with Gasteiger partial charge in [-0.2, -0.15) is 0 Å². The molecule has 2 heterocycles. The van der Waals surface area contributed by atoms with Crippen molar-refractivity contribution in [2.45, 2.75) is 31.7 Å². The normalized spacial score (nSPS) is 19.9. The van der Waals surface area contributed by atoms with Crippen molar-refractivity contribution in [1.29, 1.82) is 0 Å². The fourth-order valence-electron chi connectivity index (χ4n) is 4.51. The predicted molar refractivity (Wildman–Crippen MR) is 119 cm³/mol. The monoisotopic (exact) mass is 451 g/mol. The van der Waals surface area contributed by atoms with Gasteiger partial charge in [0, 0.05) is 16.5 Å². The van der Waals surface area contributed by atoms with E-state index in [0.717, 1.165) is 48.3 Å². The van der Waals surface area contributed by atoms with Crippen LogP contribution in [0, 0.1) is 11.6 Å². The summed E-state index contributed by atoms with van der Waals surface area (Å²) in [5.74, 6) is -3.90. The van der Waals surface area contributed by atoms with E-state index in [4.69, 9.17) is 0 Å². The Morgan fingerprint density at radius 2 is 1.78 bits per heavy atom. The summed E-state index contributed by atoms with van der Waals surface area (Å²) in [6, 6.07) is 10.9. The maximum atomic E-state index is 14.6. The first-order chi connectivity index (χ1) is 15.5. The van der Waals surface area contributed by atoms with Gasteiger partial charge in [0.15, 0.2) is 0 Å². The molecule has 3 aromatic rings. The number of hydrogen-bond donors (Lipinski definition) is 1. The number of aryl methyl sites for hydroxylation is 2. The van der Waals surface area contributed by atoms with Crippen molar-refractivity contribution in [1.82, 2.24) is 0 Å². The Morgan fingerprint density at radius 1 is 1.00 bits per heavy atom. The molecule has 162 valence electrons. The number of carbonyl (C=O) groups is 2. The quantitative estimate of drug-likeness (QED) is 0.324. The molecular weight excluding hydrogens is 432 g/mol. The summed E-state index contributed by atoms with van der Waals surface area (Å²) in [5, 5.41) is 13.0. The number of Topliss-reactive ketones (excluding diaryl/α,β-unsaturated/α-hetero) is 1. The summed E-state index contributed by atoms with van der Waals surface area (Å²) < 4.78 is 28.1. The van der Waals surface area contributed by atoms with E-state index < -0.39 is 29.4 Å². The highest BCUT2D eigenvalue weighted by atomic mass is 32.1. The summed E-state index contributed by atoms with van der Waals surface area (Å²) in [7, 11) is 0. The molecule has 4 nitrogen and oxygen atoms in total. The van der Waals surface area contributed by atoms with Crippen LogP contribution in [-0.2, 0) is 22.4 Å². The van der Waals surface area contributed by atoms with Gasteiger partial charge >= 0.3 is 0 Å². The van der Waals surface area contributed by atoms with Gasteiger partial charge in [0.05, 0.1) is 11.3 Å². The molecule has 1 N–H and O–H groups in total. The van der Waals surface area contributed by atoms with E-state index in [1.165, 1.54) is 16.9 Å². The Kier molecular flexibility index (Phi) is 5.13. The lowest BCUT2D eigenvalue weighted by atomic mass is 9.89. The number of hydrogen-bond acceptors (Lipinski definition) is 4. The van der Waals surface area contributed by atoms with Crippen LogP contribution in [0.3, 0.4) is 0 Å². The van der Waals surface area contributed by atoms with E-state index in [0.29, 0.717) is 16.5 Å². The van der Waals surface area contributed by atoms with E-state index in [-0.39, 0.29) is 17.0 Å². The maximum absolute atomic E-state index is 14.6. The molecule has 0 spiro atoms. The van der Waals surface area contributed by atoms with Crippen molar-refractivity contribution in [3.63, 3.8) is 0 Å². The number of ketones is 1. The minimum Gasteiger partial charge on any atom is -0.507 e. The first-order valence-corrected chi connectivity index (χ1v) is 11.3. The van der Waals surface area contributed by atoms with Gasteiger partial charge in [0.2, 0.25) is 0 Å². The Hall–Kier alpha value is -3.32. The Labute approximate surface area is 187 Å². The van der Waals surface area contributed by atoms with Gasteiger partial charge < -0.3 is 5.11 Å². The Bertz CT molecular complexity index is 1270. The van der Waals surface area contributed by atoms with E-state index in [1.54, 1.807) is 23.6 Å². The highest BCUT2D eigenvalue weighted by molar-refractivity contribution is 7.10. The number of fused-ring (bicyclic) bond motifs is 1. The summed E-state index contributed by atoms with van der Waals surface area (Å²) in [4.78, 5) is 27.7. The molecule has 0 saturated carbocycles. The minimum absolute atomic E-state index is 0.100. The van der Waals surface area contributed by atoms with Crippen LogP contribution in [0.15, 0.2) is 59.5 Å². The zero-order valence-electron chi connectivity index (χ0n) is 17.0. The molecule has 1 saturated heterocycles. The standard InChI is InChI=1S/C25H19F2NO3S/c26-17-9-10-19(18(27)13-17)28-22(20-6-3-11-32-20)21(24(30)25(28)31)23(29)16-8-7-14-4-1-2-5-15(14)12-16/h3,6-13,22,29H,1-2,4-5H2/b23-21-. The van der Waals surface area contributed by atoms with Crippen LogP contribution in [0.1, 0.15) is 40.5 Å². The van der Waals surface area contributed by atoms with E-state index in [1.807, 2.05) is 12.1 Å². The number of carbonyl (C=O) groups excluding carboxylic acids is 2. The first-order valence-electron chi connectivity index (χ1n) is 10.4. The van der Waals surface area contributed by atoms with Crippen molar-refractivity contribution in [3.05, 3.63) is 92.7 Å². The zero-order chi connectivity index (χ0) is 22.4. The van der Waals surface area contributed by atoms with Gasteiger partial charge in [0.1, 0.15) is 23.4 Å². The second-order valence-corrected chi connectivity index (χ2v) is 8.95. The summed E-state index contributed by atoms with van der Waals surface area (Å²) in [5.41, 5.74) is 2.47. The number of nitrogens with zero attached hydrogens (tertiary/aromatic N) is 1. The number of amides is 1. The molecule has 1 fully saturated rings. The number of aliphatic hydroxyl groups excluding tert-OH is 1. The summed E-state index contributed by atoms with van der Waals surface area (Å²) in [6.07, 6.45) is 4.03. The molecule has 32 heavy (non-hydrogen) atoms. The van der Waals surface area contributed by atoms with Crippen molar-refractivity contribution in [3.8, 4) is 0 Å². The second-order valence-electron chi connectivity index (χ2n) is 7.97. The molecule has 0 radical (unpaired) electrons. The number of benzene rings is 2. The van der Waals surface area contributed by atoms with Gasteiger partial charge in [-0.3, -0.25) is 14.5 Å². The largest absolute Gasteiger partial charge is 0.507 e. The van der Waals surface area contributed by atoms with Crippen molar-refractivity contribution >= 4 is 34.5 Å². The fraction of sp³-hybridized carbons (Fsp3) is 0.200. The molecular formula is C25H19F2NO3S. The third-order valence-corrected chi connectivity index (χ3v) is 6.97. The number of aliphatic hydroxyl groups is 1. The molecule has 1 amide bonds. The van der Waals surface area contributed by atoms with Crippen LogP contribution >= 0.6 is 11.3 Å². The van der Waals surface area contributed by atoms with Crippen LogP contribution < -0.4 is 4.90 Å². The van der Waals surface area contributed by atoms with E-state index >= 15 is 0 Å². The predicted octanol–water partition coefficient (Wildman–Crippen LogP) is 5.53. The van der Waals surface area contributed by atoms with Gasteiger partial charge in [-0.25, -0.2) is 8.78 Å². The van der Waals surface area contributed by atoms with Crippen LogP contribution in [0.5, 0.6) is 0 Å². The van der Waals surface area contributed by atoms with Gasteiger partial charge in [0.25, 0.3) is 11.7 Å². The number of anilines is 1. The number of halogens is 2. The molecule has 1 aromatic heterocycles. The van der Waals surface area contributed by atoms with Crippen LogP contribution in [0.2, 0.25) is 0 Å². The molecule has 5 rings (SSSR count). The smallest absolute Gasteiger partial charge is 0.300 e. The third-order valence-electron chi connectivity index (χ3n) is 6.05. The van der Waals surface area contributed by atoms with E-state index in [9.17, 15) is 23.5 Å². The highest BCUT2D eigenvalue weighted by Gasteiger charge is 2.48. The third kappa shape index (κ3) is 3.33. The van der Waals surface area contributed by atoms with Gasteiger partial charge in [-0.1, -0.05) is 18.2 Å².